The average Bonchev–Trinajstić information content (AvgIpc) is 1.77. The molecule has 4 unspecified atom stereocenters. The van der Waals surface area contributed by atoms with Crippen molar-refractivity contribution in [3.8, 4) is 0 Å². The van der Waals surface area contributed by atoms with Crippen molar-refractivity contribution in [3.05, 3.63) is 0 Å². The maximum absolute atomic E-state index is 10.3. The smallest absolute Gasteiger partial charge is 0.299 e. The average molecular weight is 245 g/mol. The largest absolute Gasteiger partial charge is 0.696 e. The van der Waals surface area contributed by atoms with Gasteiger partial charge in [-0.15, -0.1) is 14.3 Å². The van der Waals surface area contributed by atoms with Gasteiger partial charge in [-0.25, -0.2) is 0 Å². The molecule has 0 saturated heterocycles. The molecular weight excluding hydrogens is 232 g/mol. The van der Waals surface area contributed by atoms with Crippen molar-refractivity contribution in [1.29, 1.82) is 0 Å². The Hall–Kier alpha value is -0.0000000000000000763. The summed E-state index contributed by atoms with van der Waals surface area (Å²) in [7, 11) is -5.51. The third kappa shape index (κ3) is 7.41. The summed E-state index contributed by atoms with van der Waals surface area (Å²) >= 11 is 0. The molecule has 0 spiro atoms. The van der Waals surface area contributed by atoms with Gasteiger partial charge in [0.05, 0.1) is 0 Å². The van der Waals surface area contributed by atoms with Crippen LogP contribution >= 0.6 is 16.5 Å². The van der Waals surface area contributed by atoms with Crippen LogP contribution in [0, 0.1) is 0 Å². The Labute approximate surface area is 83.1 Å². The second kappa shape index (κ2) is 5.78. The van der Waals surface area contributed by atoms with Crippen LogP contribution in [-0.2, 0) is 18.2 Å². The van der Waals surface area contributed by atoms with Gasteiger partial charge in [-0.2, -0.15) is 0 Å². The monoisotopic (exact) mass is 245 g/mol. The van der Waals surface area contributed by atoms with E-state index in [2.05, 4.69) is 9.05 Å². The lowest BCUT2D eigenvalue weighted by Crippen LogP contribution is -2.40. The minimum Gasteiger partial charge on any atom is -0.299 e. The van der Waals surface area contributed by atoms with Crippen LogP contribution in [-0.4, -0.2) is 21.6 Å². The van der Waals surface area contributed by atoms with E-state index in [0.29, 0.717) is 0 Å². The molecule has 0 saturated carbocycles. The minimum atomic E-state index is -2.81. The summed E-state index contributed by atoms with van der Waals surface area (Å²) in [5.74, 6) is 0. The predicted molar refractivity (Wildman–Crippen MR) is 48.5 cm³/mol. The maximum Gasteiger partial charge on any atom is 0.696 e. The lowest BCUT2D eigenvalue weighted by atomic mass is 10.1. The molecule has 82 valence electrons. The molecule has 0 aromatic carbocycles. The molecule has 0 aromatic rings. The molecule has 0 aliphatic carbocycles. The molecular formula is C5H13NO6P2+2. The first-order valence-electron chi connectivity index (χ1n) is 3.70. The second-order valence-corrected chi connectivity index (χ2v) is 4.34. The van der Waals surface area contributed by atoms with Gasteiger partial charge < -0.3 is 0 Å². The van der Waals surface area contributed by atoms with E-state index in [-0.39, 0.29) is 6.42 Å². The maximum atomic E-state index is 10.3. The summed E-state index contributed by atoms with van der Waals surface area (Å²) in [4.78, 5) is 16.8. The summed E-state index contributed by atoms with van der Waals surface area (Å²) < 4.78 is 29.5. The molecule has 0 aliphatic rings. The normalized spacial score (nSPS) is 19.8. The van der Waals surface area contributed by atoms with Gasteiger partial charge in [0.15, 0.2) is 5.72 Å². The van der Waals surface area contributed by atoms with Gasteiger partial charge in [0.1, 0.15) is 6.10 Å². The van der Waals surface area contributed by atoms with Crippen LogP contribution in [0.3, 0.4) is 0 Å². The summed E-state index contributed by atoms with van der Waals surface area (Å²) in [5.41, 5.74) is 4.10. The van der Waals surface area contributed by atoms with Crippen LogP contribution < -0.4 is 5.73 Å². The molecule has 0 fully saturated rings. The van der Waals surface area contributed by atoms with Gasteiger partial charge in [0, 0.05) is 15.6 Å². The Morgan fingerprint density at radius 3 is 2.29 bits per heavy atom. The molecule has 0 aromatic heterocycles. The third-order valence-corrected chi connectivity index (χ3v) is 2.36. The first-order chi connectivity index (χ1) is 6.23. The Balaban J connectivity index is 4.07. The Morgan fingerprint density at radius 2 is 1.93 bits per heavy atom. The molecule has 7 nitrogen and oxygen atoms in total. The van der Waals surface area contributed by atoms with E-state index in [1.165, 1.54) is 13.8 Å². The molecule has 4 N–H and O–H groups in total. The first-order valence-corrected chi connectivity index (χ1v) is 5.96. The van der Waals surface area contributed by atoms with Crippen LogP contribution in [0.1, 0.15) is 20.3 Å². The van der Waals surface area contributed by atoms with Crippen LogP contribution in [0.15, 0.2) is 0 Å². The van der Waals surface area contributed by atoms with E-state index >= 15 is 0 Å². The van der Waals surface area contributed by atoms with Gasteiger partial charge >= 0.3 is 16.5 Å². The third-order valence-electron chi connectivity index (χ3n) is 1.25. The topological polar surface area (TPSA) is 119 Å². The Kier molecular flexibility index (Phi) is 5.78. The zero-order chi connectivity index (χ0) is 11.4. The van der Waals surface area contributed by atoms with E-state index in [0.717, 1.165) is 0 Å². The quantitative estimate of drug-likeness (QED) is 0.467. The fourth-order valence-corrected chi connectivity index (χ4v) is 1.79. The Bertz CT molecular complexity index is 232. The van der Waals surface area contributed by atoms with E-state index in [4.69, 9.17) is 15.5 Å². The fourth-order valence-electron chi connectivity index (χ4n) is 0.978. The van der Waals surface area contributed by atoms with Crippen molar-refractivity contribution < 1.29 is 28.0 Å². The molecule has 14 heavy (non-hydrogen) atoms. The highest BCUT2D eigenvalue weighted by Crippen LogP contribution is 2.28. The summed E-state index contributed by atoms with van der Waals surface area (Å²) in [6, 6.07) is 0. The number of nitrogens with two attached hydrogens (primary N) is 1. The summed E-state index contributed by atoms with van der Waals surface area (Å²) in [5, 5.41) is 0. The van der Waals surface area contributed by atoms with Gasteiger partial charge in [-0.05, 0) is 13.8 Å². The molecule has 0 bridgehead atoms. The number of hydrogen-bond acceptors (Lipinski definition) is 5. The van der Waals surface area contributed by atoms with E-state index < -0.39 is 28.3 Å². The van der Waals surface area contributed by atoms with Gasteiger partial charge in [0.2, 0.25) is 0 Å². The zero-order valence-electron chi connectivity index (χ0n) is 7.78. The zero-order valence-corrected chi connectivity index (χ0v) is 9.57. The lowest BCUT2D eigenvalue weighted by molar-refractivity contribution is 0.0413. The van der Waals surface area contributed by atoms with Crippen LogP contribution in [0.4, 0.5) is 0 Å². The molecule has 4 atom stereocenters. The summed E-state index contributed by atoms with van der Waals surface area (Å²) in [6.07, 6.45) is -0.621. The standard InChI is InChI=1S/C5H11NO6P2/c1-4(11-13(7)8)3-5(2,6)12-14(9)10/h4H,3,6H2,1-2H3/p+2. The van der Waals surface area contributed by atoms with Gasteiger partial charge in [-0.1, -0.05) is 4.52 Å². The second-order valence-electron chi connectivity index (χ2n) is 3.00. The highest BCUT2D eigenvalue weighted by atomic mass is 31.1. The van der Waals surface area contributed by atoms with E-state index in [1.807, 2.05) is 0 Å². The molecule has 0 heterocycles. The SMILES string of the molecule is CC(CC(C)(N)O[P+](=O)O)O[P+](=O)O. The highest BCUT2D eigenvalue weighted by molar-refractivity contribution is 7.32. The minimum absolute atomic E-state index is 0.0241. The van der Waals surface area contributed by atoms with Gasteiger partial charge in [-0.3, -0.25) is 5.73 Å². The molecule has 0 amide bonds. The van der Waals surface area contributed by atoms with Crippen LogP contribution in [0.2, 0.25) is 0 Å². The Morgan fingerprint density at radius 1 is 1.43 bits per heavy atom. The fraction of sp³-hybridized carbons (Fsp3) is 1.00. The molecule has 0 rings (SSSR count). The van der Waals surface area contributed by atoms with Crippen molar-refractivity contribution >= 4 is 16.5 Å². The van der Waals surface area contributed by atoms with Crippen LogP contribution in [0.5, 0.6) is 0 Å². The lowest BCUT2D eigenvalue weighted by Gasteiger charge is -2.17. The van der Waals surface area contributed by atoms with Crippen molar-refractivity contribution in [2.45, 2.75) is 32.1 Å². The first kappa shape index (κ1) is 14.0. The molecule has 0 aliphatic heterocycles. The highest BCUT2D eigenvalue weighted by Gasteiger charge is 2.35. The number of hydrogen-bond donors (Lipinski definition) is 3. The number of rotatable bonds is 6. The van der Waals surface area contributed by atoms with Crippen molar-refractivity contribution in [2.24, 2.45) is 5.73 Å². The van der Waals surface area contributed by atoms with Crippen molar-refractivity contribution in [1.82, 2.24) is 0 Å². The predicted octanol–water partition coefficient (Wildman–Crippen LogP) is 0.772. The van der Waals surface area contributed by atoms with E-state index in [9.17, 15) is 9.13 Å². The molecule has 9 heteroatoms. The van der Waals surface area contributed by atoms with Gasteiger partial charge in [0.25, 0.3) is 0 Å². The van der Waals surface area contributed by atoms with Crippen LogP contribution in [0.25, 0.3) is 0 Å². The van der Waals surface area contributed by atoms with E-state index in [1.54, 1.807) is 0 Å². The summed E-state index contributed by atoms with van der Waals surface area (Å²) in [6.45, 7) is 2.88. The molecule has 0 radical (unpaired) electrons. The van der Waals surface area contributed by atoms with Crippen molar-refractivity contribution in [3.63, 3.8) is 0 Å². The van der Waals surface area contributed by atoms with Crippen molar-refractivity contribution in [2.75, 3.05) is 0 Å².